The zero-order valence-corrected chi connectivity index (χ0v) is 15.2. The number of anilines is 1. The molecule has 3 N–H and O–H groups in total. The summed E-state index contributed by atoms with van der Waals surface area (Å²) < 4.78 is 22.8. The third-order valence-electron chi connectivity index (χ3n) is 3.38. The zero-order valence-electron chi connectivity index (χ0n) is 12.8. The molecule has 2 aromatic carbocycles. The molecule has 8 heteroatoms. The number of rotatable bonds is 4. The molecule has 1 amide bonds. The second-order valence-electron chi connectivity index (χ2n) is 5.20. The third-order valence-corrected chi connectivity index (χ3v) is 5.68. The van der Waals surface area contributed by atoms with Gasteiger partial charge in [-0.05, 0) is 48.0 Å². The first kappa shape index (κ1) is 17.6. The Bertz CT molecular complexity index is 1030. The van der Waals surface area contributed by atoms with Crippen molar-refractivity contribution in [2.24, 2.45) is 5.14 Å². The third kappa shape index (κ3) is 4.26. The van der Waals surface area contributed by atoms with E-state index < -0.39 is 10.0 Å². The Labute approximate surface area is 154 Å². The molecular weight excluding hydrogens is 380 g/mol. The van der Waals surface area contributed by atoms with E-state index in [4.69, 9.17) is 16.7 Å². The topological polar surface area (TPSA) is 89.3 Å². The summed E-state index contributed by atoms with van der Waals surface area (Å²) in [5.41, 5.74) is 1.32. The monoisotopic (exact) mass is 392 g/mol. The molecule has 5 nitrogen and oxygen atoms in total. The lowest BCUT2D eigenvalue weighted by molar-refractivity contribution is 0.103. The van der Waals surface area contributed by atoms with Crippen molar-refractivity contribution < 1.29 is 13.2 Å². The van der Waals surface area contributed by atoms with Gasteiger partial charge in [-0.1, -0.05) is 29.8 Å². The standard InChI is InChI=1S/C17H13ClN2O3S2/c18-12-6-4-11(5-7-12)15-8-9-16(24-15)17(21)20-13-2-1-3-14(10-13)25(19,22)23/h1-10H,(H,20,21)(H2,19,22,23). The Balaban J connectivity index is 1.80. The van der Waals surface area contributed by atoms with Crippen molar-refractivity contribution in [3.8, 4) is 10.4 Å². The lowest BCUT2D eigenvalue weighted by atomic mass is 10.2. The van der Waals surface area contributed by atoms with Crippen molar-refractivity contribution in [2.75, 3.05) is 5.32 Å². The van der Waals surface area contributed by atoms with Crippen LogP contribution in [0.4, 0.5) is 5.69 Å². The maximum absolute atomic E-state index is 12.4. The van der Waals surface area contributed by atoms with Gasteiger partial charge in [-0.25, -0.2) is 13.6 Å². The van der Waals surface area contributed by atoms with Crippen LogP contribution in [-0.2, 0) is 10.0 Å². The van der Waals surface area contributed by atoms with Crippen molar-refractivity contribution in [3.63, 3.8) is 0 Å². The van der Waals surface area contributed by atoms with E-state index in [1.54, 1.807) is 24.3 Å². The number of hydrogen-bond donors (Lipinski definition) is 2. The largest absolute Gasteiger partial charge is 0.321 e. The van der Waals surface area contributed by atoms with Crippen LogP contribution >= 0.6 is 22.9 Å². The molecule has 0 bridgehead atoms. The van der Waals surface area contributed by atoms with Gasteiger partial charge in [0.05, 0.1) is 9.77 Å². The quantitative estimate of drug-likeness (QED) is 0.704. The minimum absolute atomic E-state index is 0.0571. The maximum atomic E-state index is 12.4. The first-order valence-corrected chi connectivity index (χ1v) is 9.87. The molecule has 0 aliphatic carbocycles. The SMILES string of the molecule is NS(=O)(=O)c1cccc(NC(=O)c2ccc(-c3ccc(Cl)cc3)s2)c1. The summed E-state index contributed by atoms with van der Waals surface area (Å²) >= 11 is 7.21. The summed E-state index contributed by atoms with van der Waals surface area (Å²) in [5, 5.41) is 8.42. The van der Waals surface area contributed by atoms with Crippen molar-refractivity contribution in [1.29, 1.82) is 0 Å². The summed E-state index contributed by atoms with van der Waals surface area (Å²) in [5.74, 6) is -0.322. The molecule has 0 aliphatic rings. The Hall–Kier alpha value is -2.19. The van der Waals surface area contributed by atoms with Crippen LogP contribution in [0.3, 0.4) is 0 Å². The van der Waals surface area contributed by atoms with E-state index in [0.717, 1.165) is 10.4 Å². The molecule has 0 aliphatic heterocycles. The number of benzene rings is 2. The highest BCUT2D eigenvalue weighted by atomic mass is 35.5. The lowest BCUT2D eigenvalue weighted by Crippen LogP contribution is -2.14. The van der Waals surface area contributed by atoms with Crippen LogP contribution in [0, 0.1) is 0 Å². The van der Waals surface area contributed by atoms with Crippen LogP contribution in [0.25, 0.3) is 10.4 Å². The predicted molar refractivity (Wildman–Crippen MR) is 101 cm³/mol. The molecule has 1 heterocycles. The van der Waals surface area contributed by atoms with Crippen molar-refractivity contribution in [2.45, 2.75) is 4.90 Å². The van der Waals surface area contributed by atoms with Crippen LogP contribution in [0.2, 0.25) is 5.02 Å². The molecule has 128 valence electrons. The normalized spacial score (nSPS) is 11.3. The number of amides is 1. The van der Waals surface area contributed by atoms with Gasteiger partial charge in [0.25, 0.3) is 5.91 Å². The molecule has 0 saturated heterocycles. The number of nitrogens with two attached hydrogens (primary N) is 1. The van der Waals surface area contributed by atoms with E-state index in [1.807, 2.05) is 18.2 Å². The second-order valence-corrected chi connectivity index (χ2v) is 8.28. The average molecular weight is 393 g/mol. The molecule has 0 radical (unpaired) electrons. The predicted octanol–water partition coefficient (Wildman–Crippen LogP) is 3.97. The van der Waals surface area contributed by atoms with E-state index >= 15 is 0 Å². The number of sulfonamides is 1. The molecule has 3 rings (SSSR count). The fraction of sp³-hybridized carbons (Fsp3) is 0. The van der Waals surface area contributed by atoms with Crippen LogP contribution in [-0.4, -0.2) is 14.3 Å². The first-order chi connectivity index (χ1) is 11.8. The minimum Gasteiger partial charge on any atom is -0.321 e. The van der Waals surface area contributed by atoms with Gasteiger partial charge < -0.3 is 5.32 Å². The van der Waals surface area contributed by atoms with Gasteiger partial charge in [-0.15, -0.1) is 11.3 Å². The van der Waals surface area contributed by atoms with Crippen LogP contribution < -0.4 is 10.5 Å². The Kier molecular flexibility index (Phi) is 4.91. The summed E-state index contributed by atoms with van der Waals surface area (Å²) in [6.07, 6.45) is 0. The summed E-state index contributed by atoms with van der Waals surface area (Å²) in [6.45, 7) is 0. The Morgan fingerprint density at radius 3 is 2.44 bits per heavy atom. The lowest BCUT2D eigenvalue weighted by Gasteiger charge is -2.05. The van der Waals surface area contributed by atoms with E-state index in [9.17, 15) is 13.2 Å². The highest BCUT2D eigenvalue weighted by Crippen LogP contribution is 2.29. The molecule has 0 atom stereocenters. The van der Waals surface area contributed by atoms with Gasteiger partial charge in [0.1, 0.15) is 0 Å². The van der Waals surface area contributed by atoms with E-state index in [1.165, 1.54) is 29.5 Å². The molecular formula is C17H13ClN2O3S2. The average Bonchev–Trinajstić information content (AvgIpc) is 3.05. The van der Waals surface area contributed by atoms with E-state index in [-0.39, 0.29) is 10.8 Å². The second kappa shape index (κ2) is 6.97. The number of carbonyl (C=O) groups excluding carboxylic acids is 1. The Morgan fingerprint density at radius 1 is 1.04 bits per heavy atom. The molecule has 0 saturated carbocycles. The van der Waals surface area contributed by atoms with Gasteiger partial charge in [-0.3, -0.25) is 4.79 Å². The van der Waals surface area contributed by atoms with E-state index in [0.29, 0.717) is 15.6 Å². The number of nitrogens with one attached hydrogen (secondary N) is 1. The van der Waals surface area contributed by atoms with Gasteiger partial charge in [-0.2, -0.15) is 0 Å². The van der Waals surface area contributed by atoms with Gasteiger partial charge in [0, 0.05) is 15.6 Å². The zero-order chi connectivity index (χ0) is 18.0. The molecule has 0 unspecified atom stereocenters. The number of thiophene rings is 1. The highest BCUT2D eigenvalue weighted by Gasteiger charge is 2.13. The van der Waals surface area contributed by atoms with E-state index in [2.05, 4.69) is 5.32 Å². The fourth-order valence-corrected chi connectivity index (χ4v) is 3.76. The summed E-state index contributed by atoms with van der Waals surface area (Å²) in [4.78, 5) is 13.8. The van der Waals surface area contributed by atoms with Gasteiger partial charge in [0.2, 0.25) is 10.0 Å². The highest BCUT2D eigenvalue weighted by molar-refractivity contribution is 7.89. The van der Waals surface area contributed by atoms with Crippen molar-refractivity contribution in [1.82, 2.24) is 0 Å². The molecule has 3 aromatic rings. The number of hydrogen-bond acceptors (Lipinski definition) is 4. The van der Waals surface area contributed by atoms with Crippen molar-refractivity contribution in [3.05, 3.63) is 70.6 Å². The van der Waals surface area contributed by atoms with Crippen LogP contribution in [0.5, 0.6) is 0 Å². The summed E-state index contributed by atoms with van der Waals surface area (Å²) in [6, 6.07) is 16.7. The summed E-state index contributed by atoms with van der Waals surface area (Å²) in [7, 11) is -3.82. The molecule has 1 aromatic heterocycles. The Morgan fingerprint density at radius 2 is 1.76 bits per heavy atom. The van der Waals surface area contributed by atoms with Crippen LogP contribution in [0.1, 0.15) is 9.67 Å². The maximum Gasteiger partial charge on any atom is 0.265 e. The number of halogens is 1. The number of primary sulfonamides is 1. The molecule has 25 heavy (non-hydrogen) atoms. The molecule has 0 fully saturated rings. The smallest absolute Gasteiger partial charge is 0.265 e. The number of carbonyl (C=O) groups is 1. The van der Waals surface area contributed by atoms with Gasteiger partial charge >= 0.3 is 0 Å². The minimum atomic E-state index is -3.82. The first-order valence-electron chi connectivity index (χ1n) is 7.13. The van der Waals surface area contributed by atoms with Crippen molar-refractivity contribution >= 4 is 44.6 Å². The van der Waals surface area contributed by atoms with Gasteiger partial charge in [0.15, 0.2) is 0 Å². The molecule has 0 spiro atoms. The van der Waals surface area contributed by atoms with Crippen LogP contribution in [0.15, 0.2) is 65.6 Å². The fourth-order valence-electron chi connectivity index (χ4n) is 2.17.